The summed E-state index contributed by atoms with van der Waals surface area (Å²) >= 11 is 0. The lowest BCUT2D eigenvalue weighted by Gasteiger charge is -2.10. The van der Waals surface area contributed by atoms with Gasteiger partial charge >= 0.3 is 0 Å². The van der Waals surface area contributed by atoms with Gasteiger partial charge in [0.15, 0.2) is 0 Å². The van der Waals surface area contributed by atoms with E-state index < -0.39 is 11.5 Å². The van der Waals surface area contributed by atoms with Gasteiger partial charge in [0.25, 0.3) is 11.1 Å². The number of carbonyl (C=O) groups excluding carboxylic acids is 1. The first-order chi connectivity index (χ1) is 17.4. The number of hydrogen-bond donors (Lipinski definition) is 1. The molecule has 0 saturated heterocycles. The van der Waals surface area contributed by atoms with Crippen LogP contribution in [0.5, 0.6) is 5.75 Å². The quantitative estimate of drug-likeness (QED) is 0.387. The highest BCUT2D eigenvalue weighted by Gasteiger charge is 2.09. The van der Waals surface area contributed by atoms with E-state index >= 15 is 0 Å². The lowest BCUT2D eigenvalue weighted by Crippen LogP contribution is -2.36. The normalized spacial score (nSPS) is 10.7. The summed E-state index contributed by atoms with van der Waals surface area (Å²) in [6, 6.07) is 18.9. The molecule has 2 aromatic carbocycles. The van der Waals surface area contributed by atoms with Crippen LogP contribution in [-0.2, 0) is 17.9 Å². The third kappa shape index (κ3) is 6.09. The van der Waals surface area contributed by atoms with E-state index in [4.69, 9.17) is 4.74 Å². The molecule has 9 nitrogen and oxygen atoms in total. The van der Waals surface area contributed by atoms with E-state index in [9.17, 15) is 18.8 Å². The van der Waals surface area contributed by atoms with Crippen molar-refractivity contribution in [1.82, 2.24) is 24.9 Å². The van der Waals surface area contributed by atoms with E-state index in [0.717, 1.165) is 16.0 Å². The van der Waals surface area contributed by atoms with E-state index in [1.165, 1.54) is 28.9 Å². The van der Waals surface area contributed by atoms with Crippen molar-refractivity contribution >= 4 is 5.91 Å². The number of carbonyl (C=O) groups is 1. The zero-order valence-corrected chi connectivity index (χ0v) is 19.6. The van der Waals surface area contributed by atoms with Crippen molar-refractivity contribution in [2.45, 2.75) is 20.0 Å². The first-order valence-electron chi connectivity index (χ1n) is 11.3. The highest BCUT2D eigenvalue weighted by Crippen LogP contribution is 2.20. The van der Waals surface area contributed by atoms with Crippen LogP contribution in [0.3, 0.4) is 0 Å². The molecule has 2 aromatic heterocycles. The second-order valence-corrected chi connectivity index (χ2v) is 7.81. The van der Waals surface area contributed by atoms with Crippen molar-refractivity contribution in [2.75, 3.05) is 13.2 Å². The third-order valence-electron chi connectivity index (χ3n) is 5.27. The molecular formula is C26H24FN5O4. The fourth-order valence-corrected chi connectivity index (χ4v) is 3.48. The van der Waals surface area contributed by atoms with Crippen LogP contribution in [0, 0.1) is 5.82 Å². The number of rotatable bonds is 9. The molecule has 1 amide bonds. The minimum absolute atomic E-state index is 0.117. The first-order valence-corrected chi connectivity index (χ1v) is 11.3. The molecule has 0 aliphatic heterocycles. The molecule has 0 unspecified atom stereocenters. The molecule has 0 aliphatic carbocycles. The van der Waals surface area contributed by atoms with Gasteiger partial charge in [-0.15, -0.1) is 0 Å². The predicted molar refractivity (Wildman–Crippen MR) is 132 cm³/mol. The van der Waals surface area contributed by atoms with Gasteiger partial charge in [-0.05, 0) is 67.6 Å². The number of nitrogens with zero attached hydrogens (tertiary/aromatic N) is 4. The standard InChI is InChI=1S/C26H24FN5O4/c1-2-36-21-9-5-19(6-10-21)23-12-14-26(35)32(30-23)17-24(33)28-15-16-31-25(34)13-11-22(29-31)18-3-7-20(27)8-4-18/h3-14H,2,15-17H2,1H3,(H,28,33). The van der Waals surface area contributed by atoms with Crippen LogP contribution in [0.4, 0.5) is 4.39 Å². The average Bonchev–Trinajstić information content (AvgIpc) is 2.88. The summed E-state index contributed by atoms with van der Waals surface area (Å²) in [6.45, 7) is 2.42. The molecule has 2 heterocycles. The van der Waals surface area contributed by atoms with Crippen LogP contribution in [0.1, 0.15) is 6.92 Å². The van der Waals surface area contributed by atoms with Gasteiger partial charge < -0.3 is 10.1 Å². The average molecular weight is 490 g/mol. The van der Waals surface area contributed by atoms with Crippen LogP contribution < -0.4 is 21.2 Å². The van der Waals surface area contributed by atoms with E-state index in [0.29, 0.717) is 23.6 Å². The van der Waals surface area contributed by atoms with Crippen LogP contribution >= 0.6 is 0 Å². The molecule has 0 fully saturated rings. The van der Waals surface area contributed by atoms with Crippen LogP contribution in [0.25, 0.3) is 22.5 Å². The Morgan fingerprint density at radius 3 is 2.00 bits per heavy atom. The maximum atomic E-state index is 13.2. The summed E-state index contributed by atoms with van der Waals surface area (Å²) in [5.74, 6) is -0.0738. The molecule has 184 valence electrons. The molecule has 4 rings (SSSR count). The Morgan fingerprint density at radius 1 is 0.833 bits per heavy atom. The van der Waals surface area contributed by atoms with Gasteiger partial charge in [0.1, 0.15) is 18.1 Å². The fraction of sp³-hybridized carbons (Fsp3) is 0.192. The molecule has 0 aliphatic rings. The number of benzene rings is 2. The third-order valence-corrected chi connectivity index (χ3v) is 5.27. The molecule has 4 aromatic rings. The monoisotopic (exact) mass is 489 g/mol. The minimum Gasteiger partial charge on any atom is -0.494 e. The van der Waals surface area contributed by atoms with Gasteiger partial charge in [0.2, 0.25) is 5.91 Å². The Bertz CT molecular complexity index is 1460. The van der Waals surface area contributed by atoms with Crippen molar-refractivity contribution in [3.63, 3.8) is 0 Å². The summed E-state index contributed by atoms with van der Waals surface area (Å²) in [5.41, 5.74) is 1.73. The van der Waals surface area contributed by atoms with Gasteiger partial charge in [0, 0.05) is 29.8 Å². The van der Waals surface area contributed by atoms with Crippen molar-refractivity contribution in [2.24, 2.45) is 0 Å². The Hall–Kier alpha value is -4.60. The fourth-order valence-electron chi connectivity index (χ4n) is 3.48. The maximum Gasteiger partial charge on any atom is 0.267 e. The lowest BCUT2D eigenvalue weighted by atomic mass is 10.1. The van der Waals surface area contributed by atoms with E-state index in [1.807, 2.05) is 31.2 Å². The topological polar surface area (TPSA) is 108 Å². The second kappa shape index (κ2) is 11.2. The summed E-state index contributed by atoms with van der Waals surface area (Å²) in [7, 11) is 0. The Morgan fingerprint density at radius 2 is 1.39 bits per heavy atom. The van der Waals surface area contributed by atoms with Gasteiger partial charge in [-0.2, -0.15) is 10.2 Å². The molecule has 0 radical (unpaired) electrons. The second-order valence-electron chi connectivity index (χ2n) is 7.81. The van der Waals surface area contributed by atoms with Crippen molar-refractivity contribution in [1.29, 1.82) is 0 Å². The molecule has 0 saturated carbocycles. The number of ether oxygens (including phenoxy) is 1. The number of amides is 1. The van der Waals surface area contributed by atoms with Crippen LogP contribution in [0.2, 0.25) is 0 Å². The Labute approximate surface area is 205 Å². The molecule has 0 bridgehead atoms. The SMILES string of the molecule is CCOc1ccc(-c2ccc(=O)n(CC(=O)NCCn3nc(-c4ccc(F)cc4)ccc3=O)n2)cc1. The predicted octanol–water partition coefficient (Wildman–Crippen LogP) is 2.49. The van der Waals surface area contributed by atoms with Crippen molar-refractivity contribution in [3.8, 4) is 28.3 Å². The van der Waals surface area contributed by atoms with E-state index in [2.05, 4.69) is 15.5 Å². The van der Waals surface area contributed by atoms with Crippen molar-refractivity contribution in [3.05, 3.63) is 99.3 Å². The zero-order valence-electron chi connectivity index (χ0n) is 19.6. The smallest absolute Gasteiger partial charge is 0.267 e. The summed E-state index contributed by atoms with van der Waals surface area (Å²) in [5, 5.41) is 11.3. The van der Waals surface area contributed by atoms with Crippen LogP contribution in [-0.4, -0.2) is 38.6 Å². The van der Waals surface area contributed by atoms with Crippen molar-refractivity contribution < 1.29 is 13.9 Å². The minimum atomic E-state index is -0.434. The van der Waals surface area contributed by atoms with Gasteiger partial charge in [-0.25, -0.2) is 13.8 Å². The largest absolute Gasteiger partial charge is 0.494 e. The van der Waals surface area contributed by atoms with Gasteiger partial charge in [0.05, 0.1) is 24.5 Å². The maximum absolute atomic E-state index is 13.2. The Balaban J connectivity index is 1.38. The highest BCUT2D eigenvalue weighted by atomic mass is 19.1. The number of halogens is 1. The molecule has 36 heavy (non-hydrogen) atoms. The first kappa shape index (κ1) is 24.5. The summed E-state index contributed by atoms with van der Waals surface area (Å²) in [4.78, 5) is 36.8. The molecule has 1 N–H and O–H groups in total. The number of aromatic nitrogens is 4. The molecule has 0 atom stereocenters. The summed E-state index contributed by atoms with van der Waals surface area (Å²) in [6.07, 6.45) is 0. The van der Waals surface area contributed by atoms with Gasteiger partial charge in [-0.1, -0.05) is 0 Å². The summed E-state index contributed by atoms with van der Waals surface area (Å²) < 4.78 is 20.9. The Kier molecular flexibility index (Phi) is 7.64. The zero-order chi connectivity index (χ0) is 25.5. The van der Waals surface area contributed by atoms with E-state index in [-0.39, 0.29) is 31.0 Å². The molecule has 0 spiro atoms. The number of hydrogen-bond acceptors (Lipinski definition) is 6. The lowest BCUT2D eigenvalue weighted by molar-refractivity contribution is -0.121. The van der Waals surface area contributed by atoms with Crippen LogP contribution in [0.15, 0.2) is 82.4 Å². The molecular weight excluding hydrogens is 465 g/mol. The van der Waals surface area contributed by atoms with Gasteiger partial charge in [-0.3, -0.25) is 14.4 Å². The van der Waals surface area contributed by atoms with E-state index in [1.54, 1.807) is 24.3 Å². The highest BCUT2D eigenvalue weighted by molar-refractivity contribution is 5.75. The number of nitrogens with one attached hydrogen (secondary N) is 1. The molecule has 10 heteroatoms.